The first-order chi connectivity index (χ1) is 10.1. The normalized spacial score (nSPS) is 14.8. The second kappa shape index (κ2) is 6.12. The van der Waals surface area contributed by atoms with Crippen molar-refractivity contribution in [2.45, 2.75) is 11.8 Å². The molecule has 0 spiro atoms. The summed E-state index contributed by atoms with van der Waals surface area (Å²) < 4.78 is 24.8. The molecule has 0 N–H and O–H groups in total. The molecule has 0 radical (unpaired) electrons. The van der Waals surface area contributed by atoms with Crippen molar-refractivity contribution in [3.05, 3.63) is 58.4 Å². The zero-order valence-corrected chi connectivity index (χ0v) is 12.6. The fourth-order valence-electron chi connectivity index (χ4n) is 2.28. The van der Waals surface area contributed by atoms with Gasteiger partial charge in [0.05, 0.1) is 5.38 Å². The number of rotatable bonds is 3. The minimum atomic E-state index is -0.393. The first-order valence-electron chi connectivity index (χ1n) is 6.61. The minimum absolute atomic E-state index is 0.312. The standard InChI is InChI=1S/C16H13Cl2FO2/c17-12-2-1-3-14(19)11(12)9-13(18)10-4-5-15-16(8-10)21-7-6-20-15/h1-5,8,13H,6-7,9H2. The molecule has 2 aromatic carbocycles. The first-order valence-corrected chi connectivity index (χ1v) is 7.43. The lowest BCUT2D eigenvalue weighted by molar-refractivity contribution is 0.171. The van der Waals surface area contributed by atoms with Crippen LogP contribution in [0.15, 0.2) is 36.4 Å². The Balaban J connectivity index is 1.84. The highest BCUT2D eigenvalue weighted by Crippen LogP contribution is 2.36. The summed E-state index contributed by atoms with van der Waals surface area (Å²) >= 11 is 12.4. The number of benzene rings is 2. The summed E-state index contributed by atoms with van der Waals surface area (Å²) in [6.07, 6.45) is 0.312. The summed E-state index contributed by atoms with van der Waals surface area (Å²) in [5, 5.41) is -0.00609. The van der Waals surface area contributed by atoms with Gasteiger partial charge in [0, 0.05) is 10.6 Å². The molecule has 0 fully saturated rings. The average Bonchev–Trinajstić information content (AvgIpc) is 2.50. The van der Waals surface area contributed by atoms with Crippen LogP contribution in [0.2, 0.25) is 5.02 Å². The highest BCUT2D eigenvalue weighted by Gasteiger charge is 2.18. The number of hydrogen-bond donors (Lipinski definition) is 0. The molecule has 2 aromatic rings. The topological polar surface area (TPSA) is 18.5 Å². The van der Waals surface area contributed by atoms with E-state index in [9.17, 15) is 4.39 Å². The molecule has 3 rings (SSSR count). The Morgan fingerprint density at radius 1 is 1.10 bits per heavy atom. The van der Waals surface area contributed by atoms with E-state index in [4.69, 9.17) is 32.7 Å². The number of halogens is 3. The Morgan fingerprint density at radius 3 is 2.62 bits per heavy atom. The quantitative estimate of drug-likeness (QED) is 0.756. The molecular formula is C16H13Cl2FO2. The van der Waals surface area contributed by atoms with Crippen molar-refractivity contribution in [1.82, 2.24) is 0 Å². The molecule has 1 unspecified atom stereocenters. The fraction of sp³-hybridized carbons (Fsp3) is 0.250. The van der Waals surface area contributed by atoms with Gasteiger partial charge in [-0.3, -0.25) is 0 Å². The van der Waals surface area contributed by atoms with Gasteiger partial charge in [-0.15, -0.1) is 11.6 Å². The third-order valence-corrected chi connectivity index (χ3v) is 4.13. The molecule has 1 heterocycles. The van der Waals surface area contributed by atoms with E-state index in [0.717, 1.165) is 5.56 Å². The maximum atomic E-state index is 13.8. The Morgan fingerprint density at radius 2 is 1.86 bits per heavy atom. The van der Waals surface area contributed by atoms with Crippen LogP contribution in [0, 0.1) is 5.82 Å². The van der Waals surface area contributed by atoms with Crippen LogP contribution in [-0.2, 0) is 6.42 Å². The van der Waals surface area contributed by atoms with E-state index in [2.05, 4.69) is 0 Å². The van der Waals surface area contributed by atoms with Gasteiger partial charge in [0.1, 0.15) is 19.0 Å². The maximum Gasteiger partial charge on any atom is 0.161 e. The highest BCUT2D eigenvalue weighted by molar-refractivity contribution is 6.31. The summed E-state index contributed by atoms with van der Waals surface area (Å²) in [6.45, 7) is 1.06. The summed E-state index contributed by atoms with van der Waals surface area (Å²) in [5.74, 6) is 1.03. The molecule has 5 heteroatoms. The molecule has 0 saturated heterocycles. The predicted molar refractivity (Wildman–Crippen MR) is 81.1 cm³/mol. The molecule has 0 amide bonds. The maximum absolute atomic E-state index is 13.8. The Labute approximate surface area is 132 Å². The van der Waals surface area contributed by atoms with E-state index in [1.807, 2.05) is 18.2 Å². The molecule has 0 bridgehead atoms. The van der Waals surface area contributed by atoms with E-state index in [1.54, 1.807) is 12.1 Å². The molecule has 110 valence electrons. The largest absolute Gasteiger partial charge is 0.486 e. The van der Waals surface area contributed by atoms with Crippen LogP contribution in [0.1, 0.15) is 16.5 Å². The molecule has 1 aliphatic heterocycles. The Bertz CT molecular complexity index is 640. The van der Waals surface area contributed by atoms with Gasteiger partial charge in [0.15, 0.2) is 11.5 Å². The van der Waals surface area contributed by atoms with Crippen LogP contribution in [0.5, 0.6) is 11.5 Å². The zero-order chi connectivity index (χ0) is 14.8. The molecule has 1 atom stereocenters. The average molecular weight is 327 g/mol. The van der Waals surface area contributed by atoms with Crippen molar-refractivity contribution in [3.8, 4) is 11.5 Å². The van der Waals surface area contributed by atoms with Crippen LogP contribution >= 0.6 is 23.2 Å². The molecule has 1 aliphatic rings. The monoisotopic (exact) mass is 326 g/mol. The van der Waals surface area contributed by atoms with Gasteiger partial charge < -0.3 is 9.47 Å². The molecule has 0 saturated carbocycles. The summed E-state index contributed by atoms with van der Waals surface area (Å²) in [7, 11) is 0. The van der Waals surface area contributed by atoms with E-state index in [1.165, 1.54) is 6.07 Å². The van der Waals surface area contributed by atoms with Crippen molar-refractivity contribution in [1.29, 1.82) is 0 Å². The molecule has 0 aliphatic carbocycles. The predicted octanol–water partition coefficient (Wildman–Crippen LogP) is 4.77. The lowest BCUT2D eigenvalue weighted by Gasteiger charge is -2.20. The van der Waals surface area contributed by atoms with E-state index in [0.29, 0.717) is 41.7 Å². The third kappa shape index (κ3) is 3.09. The summed E-state index contributed by atoms with van der Waals surface area (Å²) in [6, 6.07) is 10.1. The first kappa shape index (κ1) is 14.5. The minimum Gasteiger partial charge on any atom is -0.486 e. The summed E-state index contributed by atoms with van der Waals surface area (Å²) in [4.78, 5) is 0. The Kier molecular flexibility index (Phi) is 4.22. The lowest BCUT2D eigenvalue weighted by Crippen LogP contribution is -2.15. The van der Waals surface area contributed by atoms with Crippen LogP contribution < -0.4 is 9.47 Å². The van der Waals surface area contributed by atoms with Crippen molar-refractivity contribution < 1.29 is 13.9 Å². The van der Waals surface area contributed by atoms with Gasteiger partial charge >= 0.3 is 0 Å². The van der Waals surface area contributed by atoms with Gasteiger partial charge in [-0.25, -0.2) is 4.39 Å². The number of hydrogen-bond acceptors (Lipinski definition) is 2. The van der Waals surface area contributed by atoms with Crippen molar-refractivity contribution in [3.63, 3.8) is 0 Å². The smallest absolute Gasteiger partial charge is 0.161 e. The van der Waals surface area contributed by atoms with E-state index < -0.39 is 5.38 Å². The van der Waals surface area contributed by atoms with Crippen LogP contribution in [-0.4, -0.2) is 13.2 Å². The van der Waals surface area contributed by atoms with Crippen LogP contribution in [0.4, 0.5) is 4.39 Å². The Hall–Kier alpha value is -1.45. The fourth-order valence-corrected chi connectivity index (χ4v) is 2.81. The van der Waals surface area contributed by atoms with Gasteiger partial charge in [-0.05, 0) is 36.2 Å². The van der Waals surface area contributed by atoms with Crippen molar-refractivity contribution in [2.75, 3.05) is 13.2 Å². The van der Waals surface area contributed by atoms with Crippen molar-refractivity contribution in [2.24, 2.45) is 0 Å². The SMILES string of the molecule is Fc1cccc(Cl)c1CC(Cl)c1ccc2c(c1)OCCO2. The molecular weight excluding hydrogens is 314 g/mol. The number of fused-ring (bicyclic) bond motifs is 1. The molecule has 21 heavy (non-hydrogen) atoms. The van der Waals surface area contributed by atoms with Gasteiger partial charge in [0.25, 0.3) is 0 Å². The third-order valence-electron chi connectivity index (χ3n) is 3.37. The molecule has 0 aromatic heterocycles. The second-order valence-electron chi connectivity index (χ2n) is 4.77. The number of alkyl halides is 1. The lowest BCUT2D eigenvalue weighted by atomic mass is 10.0. The van der Waals surface area contributed by atoms with Crippen LogP contribution in [0.25, 0.3) is 0 Å². The van der Waals surface area contributed by atoms with Crippen molar-refractivity contribution >= 4 is 23.2 Å². The van der Waals surface area contributed by atoms with Gasteiger partial charge in [-0.1, -0.05) is 23.7 Å². The highest BCUT2D eigenvalue weighted by atomic mass is 35.5. The van der Waals surface area contributed by atoms with E-state index >= 15 is 0 Å². The molecule has 2 nitrogen and oxygen atoms in total. The van der Waals surface area contributed by atoms with E-state index in [-0.39, 0.29) is 5.82 Å². The second-order valence-corrected chi connectivity index (χ2v) is 5.71. The number of ether oxygens (including phenoxy) is 2. The zero-order valence-electron chi connectivity index (χ0n) is 11.1. The van der Waals surface area contributed by atoms with Crippen LogP contribution in [0.3, 0.4) is 0 Å². The summed E-state index contributed by atoms with van der Waals surface area (Å²) in [5.41, 5.74) is 1.27. The van der Waals surface area contributed by atoms with Gasteiger partial charge in [-0.2, -0.15) is 0 Å². The van der Waals surface area contributed by atoms with Gasteiger partial charge in [0.2, 0.25) is 0 Å².